The molecule has 186 valence electrons. The van der Waals surface area contributed by atoms with E-state index in [2.05, 4.69) is 16.0 Å². The minimum Gasteiger partial charge on any atom is -0.463 e. The smallest absolute Gasteiger partial charge is 0.338 e. The van der Waals surface area contributed by atoms with Gasteiger partial charge in [0.25, 0.3) is 5.91 Å². The number of carbonyl (C=O) groups excluding carboxylic acids is 4. The Labute approximate surface area is 206 Å². The lowest BCUT2D eigenvalue weighted by Crippen LogP contribution is -2.49. The zero-order valence-corrected chi connectivity index (χ0v) is 19.6. The van der Waals surface area contributed by atoms with E-state index in [1.54, 1.807) is 56.3 Å². The van der Waals surface area contributed by atoms with Crippen LogP contribution >= 0.6 is 0 Å². The van der Waals surface area contributed by atoms with Crippen LogP contribution in [0.3, 0.4) is 0 Å². The van der Waals surface area contributed by atoms with Gasteiger partial charge in [-0.25, -0.2) is 14.4 Å². The molecule has 0 aliphatic carbocycles. The van der Waals surface area contributed by atoms with Crippen molar-refractivity contribution in [1.29, 1.82) is 0 Å². The van der Waals surface area contributed by atoms with Crippen molar-refractivity contribution in [2.45, 2.75) is 25.4 Å². The summed E-state index contributed by atoms with van der Waals surface area (Å²) in [7, 11) is 0. The third kappa shape index (κ3) is 3.88. The predicted molar refractivity (Wildman–Crippen MR) is 125 cm³/mol. The molecule has 1 saturated heterocycles. The van der Waals surface area contributed by atoms with Crippen LogP contribution < -0.4 is 25.4 Å². The Morgan fingerprint density at radius 3 is 2.61 bits per heavy atom. The maximum atomic E-state index is 13.6. The topological polar surface area (TPSA) is 135 Å². The van der Waals surface area contributed by atoms with Gasteiger partial charge in [-0.3, -0.25) is 9.69 Å². The zero-order chi connectivity index (χ0) is 25.4. The summed E-state index contributed by atoms with van der Waals surface area (Å²) in [6.45, 7) is 3.09. The molecule has 3 aliphatic heterocycles. The number of imide groups is 1. The molecule has 11 nitrogen and oxygen atoms in total. The van der Waals surface area contributed by atoms with E-state index >= 15 is 0 Å². The molecule has 3 aliphatic rings. The SMILES string of the molecule is CCOC(=O)C1=C(CN2C(=O)NC(C)(c3ccc4c(c3)OCO4)C2=O)NC(=O)NC1c1ccccc1. The molecule has 2 aromatic carbocycles. The lowest BCUT2D eigenvalue weighted by molar-refractivity contribution is -0.139. The molecule has 3 heterocycles. The van der Waals surface area contributed by atoms with Gasteiger partial charge in [0.1, 0.15) is 5.54 Å². The van der Waals surface area contributed by atoms with Gasteiger partial charge in [0.15, 0.2) is 11.5 Å². The second-order valence-corrected chi connectivity index (χ2v) is 8.57. The molecule has 0 bridgehead atoms. The molecule has 2 unspecified atom stereocenters. The number of fused-ring (bicyclic) bond motifs is 1. The molecule has 3 N–H and O–H groups in total. The van der Waals surface area contributed by atoms with Crippen molar-refractivity contribution >= 4 is 23.9 Å². The molecule has 0 aromatic heterocycles. The molecule has 0 radical (unpaired) electrons. The summed E-state index contributed by atoms with van der Waals surface area (Å²) in [4.78, 5) is 53.0. The summed E-state index contributed by atoms with van der Waals surface area (Å²) >= 11 is 0. The second-order valence-electron chi connectivity index (χ2n) is 8.57. The van der Waals surface area contributed by atoms with Crippen molar-refractivity contribution in [3.8, 4) is 11.5 Å². The first-order valence-electron chi connectivity index (χ1n) is 11.4. The number of nitrogens with one attached hydrogen (secondary N) is 3. The highest BCUT2D eigenvalue weighted by molar-refractivity contribution is 6.08. The number of hydrogen-bond donors (Lipinski definition) is 3. The van der Waals surface area contributed by atoms with Gasteiger partial charge in [0.2, 0.25) is 6.79 Å². The Morgan fingerprint density at radius 2 is 1.86 bits per heavy atom. The third-order valence-corrected chi connectivity index (χ3v) is 6.32. The third-order valence-electron chi connectivity index (χ3n) is 6.32. The van der Waals surface area contributed by atoms with Crippen LogP contribution in [0.25, 0.3) is 0 Å². The summed E-state index contributed by atoms with van der Waals surface area (Å²) < 4.78 is 16.0. The molecule has 0 saturated carbocycles. The fourth-order valence-corrected chi connectivity index (χ4v) is 4.49. The summed E-state index contributed by atoms with van der Waals surface area (Å²) in [5.41, 5.74) is -0.0261. The van der Waals surface area contributed by atoms with Crippen molar-refractivity contribution in [1.82, 2.24) is 20.9 Å². The maximum absolute atomic E-state index is 13.6. The van der Waals surface area contributed by atoms with E-state index in [0.717, 1.165) is 4.90 Å². The van der Waals surface area contributed by atoms with Crippen molar-refractivity contribution < 1.29 is 33.4 Å². The van der Waals surface area contributed by atoms with Crippen LogP contribution in [0.4, 0.5) is 9.59 Å². The van der Waals surface area contributed by atoms with E-state index in [4.69, 9.17) is 14.2 Å². The molecule has 5 rings (SSSR count). The average molecular weight is 492 g/mol. The highest BCUT2D eigenvalue weighted by atomic mass is 16.7. The fourth-order valence-electron chi connectivity index (χ4n) is 4.49. The summed E-state index contributed by atoms with van der Waals surface area (Å²) in [5.74, 6) is -0.201. The van der Waals surface area contributed by atoms with E-state index < -0.39 is 35.5 Å². The quantitative estimate of drug-likeness (QED) is 0.415. The number of esters is 1. The summed E-state index contributed by atoms with van der Waals surface area (Å²) in [5, 5.41) is 8.04. The Bertz CT molecular complexity index is 1290. The first-order chi connectivity index (χ1) is 17.3. The average Bonchev–Trinajstić information content (AvgIpc) is 3.42. The standard InChI is InChI=1S/C25H24N4O7/c1-3-34-21(30)19-16(26-23(32)27-20(19)14-7-5-4-6-8-14)12-29-22(31)25(2,28-24(29)33)15-9-10-17-18(11-15)36-13-35-17/h4-11,20H,3,12-13H2,1-2H3,(H,28,33)(H2,26,27,32). The Balaban J connectivity index is 1.50. The Kier molecular flexibility index (Phi) is 5.75. The van der Waals surface area contributed by atoms with Crippen LogP contribution in [0, 0.1) is 0 Å². The van der Waals surface area contributed by atoms with Crippen molar-refractivity contribution in [3.05, 3.63) is 70.9 Å². The first-order valence-corrected chi connectivity index (χ1v) is 11.4. The van der Waals surface area contributed by atoms with Crippen LogP contribution in [0.15, 0.2) is 59.8 Å². The Morgan fingerprint density at radius 1 is 1.11 bits per heavy atom. The van der Waals surface area contributed by atoms with Gasteiger partial charge in [-0.2, -0.15) is 0 Å². The minimum absolute atomic E-state index is 0.0725. The molecule has 1 fully saturated rings. The number of carbonyl (C=O) groups is 4. The van der Waals surface area contributed by atoms with E-state index in [-0.39, 0.29) is 31.2 Å². The molecule has 11 heteroatoms. The number of rotatable bonds is 6. The number of hydrogen-bond acceptors (Lipinski definition) is 7. The molecular formula is C25H24N4O7. The predicted octanol–water partition coefficient (Wildman–Crippen LogP) is 2.05. The second kappa shape index (κ2) is 8.91. The molecule has 36 heavy (non-hydrogen) atoms. The lowest BCUT2D eigenvalue weighted by Gasteiger charge is -2.30. The molecule has 0 spiro atoms. The van der Waals surface area contributed by atoms with Gasteiger partial charge >= 0.3 is 18.0 Å². The van der Waals surface area contributed by atoms with Gasteiger partial charge < -0.3 is 30.2 Å². The zero-order valence-electron chi connectivity index (χ0n) is 19.6. The van der Waals surface area contributed by atoms with Crippen LogP contribution in [0.5, 0.6) is 11.5 Å². The van der Waals surface area contributed by atoms with Crippen LogP contribution in [-0.4, -0.2) is 48.8 Å². The normalized spacial score (nSPS) is 22.8. The van der Waals surface area contributed by atoms with Gasteiger partial charge in [-0.15, -0.1) is 0 Å². The molecule has 2 aromatic rings. The van der Waals surface area contributed by atoms with Crippen LogP contribution in [0.2, 0.25) is 0 Å². The highest BCUT2D eigenvalue weighted by Crippen LogP contribution is 2.38. The fraction of sp³-hybridized carbons (Fsp3) is 0.280. The van der Waals surface area contributed by atoms with E-state index in [0.29, 0.717) is 22.6 Å². The highest BCUT2D eigenvalue weighted by Gasteiger charge is 2.50. The van der Waals surface area contributed by atoms with Gasteiger partial charge in [-0.05, 0) is 37.1 Å². The summed E-state index contributed by atoms with van der Waals surface area (Å²) in [6, 6.07) is 11.8. The first kappa shape index (κ1) is 23.2. The number of urea groups is 2. The van der Waals surface area contributed by atoms with Crippen molar-refractivity contribution in [2.75, 3.05) is 19.9 Å². The number of nitrogens with zero attached hydrogens (tertiary/aromatic N) is 1. The van der Waals surface area contributed by atoms with Crippen molar-refractivity contribution in [2.24, 2.45) is 0 Å². The minimum atomic E-state index is -1.39. The number of ether oxygens (including phenoxy) is 3. The summed E-state index contributed by atoms with van der Waals surface area (Å²) in [6.07, 6.45) is 0. The van der Waals surface area contributed by atoms with Gasteiger partial charge in [0.05, 0.1) is 30.5 Å². The van der Waals surface area contributed by atoms with Crippen LogP contribution in [-0.2, 0) is 19.9 Å². The molecular weight excluding hydrogens is 468 g/mol. The monoisotopic (exact) mass is 492 g/mol. The lowest BCUT2D eigenvalue weighted by atomic mass is 9.91. The van der Waals surface area contributed by atoms with Crippen molar-refractivity contribution in [3.63, 3.8) is 0 Å². The largest absolute Gasteiger partial charge is 0.463 e. The van der Waals surface area contributed by atoms with E-state index in [9.17, 15) is 19.2 Å². The number of benzene rings is 2. The van der Waals surface area contributed by atoms with E-state index in [1.807, 2.05) is 6.07 Å². The maximum Gasteiger partial charge on any atom is 0.338 e. The number of amides is 5. The molecule has 5 amide bonds. The van der Waals surface area contributed by atoms with Gasteiger partial charge in [-0.1, -0.05) is 36.4 Å². The molecule has 2 atom stereocenters. The van der Waals surface area contributed by atoms with Gasteiger partial charge in [0, 0.05) is 0 Å². The Hall–Kier alpha value is -4.54. The van der Waals surface area contributed by atoms with Crippen LogP contribution in [0.1, 0.15) is 31.0 Å². The van der Waals surface area contributed by atoms with E-state index in [1.165, 1.54) is 0 Å².